The van der Waals surface area contributed by atoms with E-state index < -0.39 is 0 Å². The number of nitrogens with zero attached hydrogens (tertiary/aromatic N) is 1. The first-order valence-corrected chi connectivity index (χ1v) is 8.96. The molecule has 142 valence electrons. The van der Waals surface area contributed by atoms with E-state index in [1.807, 2.05) is 14.0 Å². The van der Waals surface area contributed by atoms with Crippen LogP contribution in [0, 0.1) is 5.92 Å². The van der Waals surface area contributed by atoms with Gasteiger partial charge in [-0.3, -0.25) is 9.69 Å². The van der Waals surface area contributed by atoms with E-state index in [4.69, 9.17) is 16.3 Å². The van der Waals surface area contributed by atoms with Crippen molar-refractivity contribution in [1.82, 2.24) is 10.2 Å². The number of carbonyl (C=O) groups excluding carboxylic acids is 1. The fourth-order valence-electron chi connectivity index (χ4n) is 3.16. The van der Waals surface area contributed by atoms with Crippen molar-refractivity contribution < 1.29 is 9.53 Å². The van der Waals surface area contributed by atoms with E-state index >= 15 is 0 Å². The molecule has 0 spiro atoms. The molecule has 25 heavy (non-hydrogen) atoms. The zero-order valence-corrected chi connectivity index (χ0v) is 16.8. The number of rotatable bonds is 7. The topological polar surface area (TPSA) is 53.6 Å². The quantitative estimate of drug-likeness (QED) is 0.749. The average Bonchev–Trinajstić information content (AvgIpc) is 2.60. The van der Waals surface area contributed by atoms with E-state index in [1.165, 1.54) is 6.42 Å². The Morgan fingerprint density at radius 3 is 2.68 bits per heavy atom. The number of likely N-dealkylation sites (tertiary alicyclic amines) is 1. The third-order valence-corrected chi connectivity index (χ3v) is 5.03. The second kappa shape index (κ2) is 10.9. The molecule has 1 aromatic rings. The molecule has 1 saturated heterocycles. The lowest BCUT2D eigenvalue weighted by Crippen LogP contribution is -2.46. The summed E-state index contributed by atoms with van der Waals surface area (Å²) in [6.45, 7) is 4.96. The molecule has 1 atom stereocenters. The van der Waals surface area contributed by atoms with Crippen LogP contribution in [0.2, 0.25) is 5.02 Å². The Kier molecular flexibility index (Phi) is 9.57. The Labute approximate surface area is 161 Å². The van der Waals surface area contributed by atoms with Gasteiger partial charge in [-0.1, -0.05) is 11.6 Å². The van der Waals surface area contributed by atoms with Crippen LogP contribution in [-0.2, 0) is 4.79 Å². The van der Waals surface area contributed by atoms with Crippen LogP contribution in [0.1, 0.15) is 26.2 Å². The number of amides is 1. The van der Waals surface area contributed by atoms with Crippen LogP contribution in [0.4, 0.5) is 5.69 Å². The minimum Gasteiger partial charge on any atom is -0.495 e. The van der Waals surface area contributed by atoms with Crippen LogP contribution in [0.3, 0.4) is 0 Å². The molecule has 1 heterocycles. The number of hydrogen-bond donors (Lipinski definition) is 2. The van der Waals surface area contributed by atoms with Gasteiger partial charge in [0, 0.05) is 5.02 Å². The van der Waals surface area contributed by atoms with E-state index in [2.05, 4.69) is 15.5 Å². The van der Waals surface area contributed by atoms with Crippen LogP contribution in [0.15, 0.2) is 18.2 Å². The molecule has 1 aromatic carbocycles. The van der Waals surface area contributed by atoms with Gasteiger partial charge in [0.2, 0.25) is 5.91 Å². The van der Waals surface area contributed by atoms with E-state index in [9.17, 15) is 4.79 Å². The monoisotopic (exact) mass is 389 g/mol. The van der Waals surface area contributed by atoms with Crippen molar-refractivity contribution in [2.45, 2.75) is 32.2 Å². The number of hydrogen-bond acceptors (Lipinski definition) is 4. The number of methoxy groups -OCH3 is 1. The summed E-state index contributed by atoms with van der Waals surface area (Å²) in [7, 11) is 3.57. The molecule has 1 unspecified atom stereocenters. The smallest absolute Gasteiger partial charge is 0.241 e. The lowest BCUT2D eigenvalue weighted by atomic mass is 9.93. The first-order chi connectivity index (χ1) is 11.5. The van der Waals surface area contributed by atoms with Crippen LogP contribution in [-0.4, -0.2) is 50.6 Å². The number of nitrogens with one attached hydrogen (secondary N) is 2. The molecule has 7 heteroatoms. The van der Waals surface area contributed by atoms with Gasteiger partial charge < -0.3 is 15.4 Å². The van der Waals surface area contributed by atoms with Gasteiger partial charge in [-0.05, 0) is 77.0 Å². The standard InChI is InChI=1S/C18H28ClN3O2.ClH/c1-13(22-10-7-14(8-11-22)6-9-20-2)18(23)21-16-12-15(19)4-5-17(16)24-3;/h4-5,12-14,20H,6-11H2,1-3H3,(H,21,23);1H. The van der Waals surface area contributed by atoms with E-state index in [1.54, 1.807) is 25.3 Å². The van der Waals surface area contributed by atoms with E-state index in [-0.39, 0.29) is 24.4 Å². The highest BCUT2D eigenvalue weighted by atomic mass is 35.5. The lowest BCUT2D eigenvalue weighted by Gasteiger charge is -2.35. The second-order valence-corrected chi connectivity index (χ2v) is 6.82. The summed E-state index contributed by atoms with van der Waals surface area (Å²) in [5.41, 5.74) is 0.616. The number of piperidine rings is 1. The summed E-state index contributed by atoms with van der Waals surface area (Å²) in [4.78, 5) is 14.8. The minimum absolute atomic E-state index is 0. The number of ether oxygens (including phenoxy) is 1. The fourth-order valence-corrected chi connectivity index (χ4v) is 3.33. The maximum Gasteiger partial charge on any atom is 0.241 e. The van der Waals surface area contributed by atoms with Gasteiger partial charge in [-0.15, -0.1) is 12.4 Å². The summed E-state index contributed by atoms with van der Waals surface area (Å²) < 4.78 is 5.29. The number of anilines is 1. The summed E-state index contributed by atoms with van der Waals surface area (Å²) in [5.74, 6) is 1.35. The molecule has 0 aliphatic carbocycles. The van der Waals surface area contributed by atoms with Crippen LogP contribution in [0.25, 0.3) is 0 Å². The van der Waals surface area contributed by atoms with Gasteiger partial charge in [0.1, 0.15) is 5.75 Å². The lowest BCUT2D eigenvalue weighted by molar-refractivity contribution is -0.121. The van der Waals surface area contributed by atoms with Crippen LogP contribution >= 0.6 is 24.0 Å². The van der Waals surface area contributed by atoms with Gasteiger partial charge in [0.25, 0.3) is 0 Å². The second-order valence-electron chi connectivity index (χ2n) is 6.38. The molecule has 0 radical (unpaired) electrons. The molecule has 5 nitrogen and oxygen atoms in total. The molecule has 1 aliphatic rings. The minimum atomic E-state index is -0.168. The van der Waals surface area contributed by atoms with Crippen molar-refractivity contribution >= 4 is 35.6 Å². The maximum atomic E-state index is 12.6. The average molecular weight is 390 g/mol. The van der Waals surface area contributed by atoms with Crippen LogP contribution in [0.5, 0.6) is 5.75 Å². The number of carbonyl (C=O) groups is 1. The molecule has 1 fully saturated rings. The molecule has 0 aromatic heterocycles. The SMILES string of the molecule is CNCCC1CCN(C(C)C(=O)Nc2cc(Cl)ccc2OC)CC1.Cl. The summed E-state index contributed by atoms with van der Waals surface area (Å²) >= 11 is 6.02. The number of halogens is 2. The van der Waals surface area contributed by atoms with Gasteiger partial charge in [0.15, 0.2) is 0 Å². The molecule has 2 N–H and O–H groups in total. The third kappa shape index (κ3) is 6.33. The highest BCUT2D eigenvalue weighted by Gasteiger charge is 2.26. The molecule has 1 aliphatic heterocycles. The summed E-state index contributed by atoms with van der Waals surface area (Å²) in [6, 6.07) is 5.05. The predicted molar refractivity (Wildman–Crippen MR) is 106 cm³/mol. The van der Waals surface area contributed by atoms with Crippen molar-refractivity contribution in [2.24, 2.45) is 5.92 Å². The zero-order chi connectivity index (χ0) is 17.5. The Morgan fingerprint density at radius 1 is 1.40 bits per heavy atom. The normalized spacial score (nSPS) is 16.8. The Hall–Kier alpha value is -1.01. The molecular weight excluding hydrogens is 361 g/mol. The van der Waals surface area contributed by atoms with E-state index in [0.29, 0.717) is 16.5 Å². The van der Waals surface area contributed by atoms with Gasteiger partial charge in [-0.25, -0.2) is 0 Å². The Morgan fingerprint density at radius 2 is 2.08 bits per heavy atom. The van der Waals surface area contributed by atoms with Crippen molar-refractivity contribution in [3.05, 3.63) is 23.2 Å². The molecule has 1 amide bonds. The highest BCUT2D eigenvalue weighted by Crippen LogP contribution is 2.28. The molecule has 0 bridgehead atoms. The first-order valence-electron chi connectivity index (χ1n) is 8.58. The predicted octanol–water partition coefficient (Wildman–Crippen LogP) is 3.42. The van der Waals surface area contributed by atoms with Crippen molar-refractivity contribution in [1.29, 1.82) is 0 Å². The maximum absolute atomic E-state index is 12.6. The summed E-state index contributed by atoms with van der Waals surface area (Å²) in [5, 5.41) is 6.73. The molecule has 2 rings (SSSR count). The Balaban J connectivity index is 0.00000312. The van der Waals surface area contributed by atoms with Gasteiger partial charge in [0.05, 0.1) is 18.8 Å². The highest BCUT2D eigenvalue weighted by molar-refractivity contribution is 6.31. The first kappa shape index (κ1) is 22.0. The molecular formula is C18H29Cl2N3O2. The van der Waals surface area contributed by atoms with Crippen molar-refractivity contribution in [3.63, 3.8) is 0 Å². The van der Waals surface area contributed by atoms with Crippen molar-refractivity contribution in [2.75, 3.05) is 39.1 Å². The Bertz CT molecular complexity index is 549. The van der Waals surface area contributed by atoms with Crippen molar-refractivity contribution in [3.8, 4) is 5.75 Å². The third-order valence-electron chi connectivity index (χ3n) is 4.80. The van der Waals surface area contributed by atoms with Gasteiger partial charge >= 0.3 is 0 Å². The van der Waals surface area contributed by atoms with Crippen LogP contribution < -0.4 is 15.4 Å². The molecule has 0 saturated carbocycles. The number of benzene rings is 1. The summed E-state index contributed by atoms with van der Waals surface area (Å²) in [6.07, 6.45) is 3.52. The zero-order valence-electron chi connectivity index (χ0n) is 15.2. The van der Waals surface area contributed by atoms with Gasteiger partial charge in [-0.2, -0.15) is 0 Å². The largest absolute Gasteiger partial charge is 0.495 e. The van der Waals surface area contributed by atoms with E-state index in [0.717, 1.165) is 38.4 Å². The fraction of sp³-hybridized carbons (Fsp3) is 0.611.